The Morgan fingerprint density at radius 3 is 2.47 bits per heavy atom. The topological polar surface area (TPSA) is 120 Å². The summed E-state index contributed by atoms with van der Waals surface area (Å²) in [6.07, 6.45) is 0. The summed E-state index contributed by atoms with van der Waals surface area (Å²) in [5, 5.41) is 11.9. The number of nitrogens with one attached hydrogen (secondary N) is 1. The van der Waals surface area contributed by atoms with Gasteiger partial charge in [-0.15, -0.1) is 11.3 Å². The molecule has 0 saturated carbocycles. The van der Waals surface area contributed by atoms with Gasteiger partial charge in [0, 0.05) is 13.6 Å². The number of nitrogens with zero attached hydrogens (tertiary/aromatic N) is 2. The molecule has 9 nitrogen and oxygen atoms in total. The third-order valence-corrected chi connectivity index (χ3v) is 6.56. The lowest BCUT2D eigenvalue weighted by Gasteiger charge is -2.08. The van der Waals surface area contributed by atoms with E-state index in [-0.39, 0.29) is 34.7 Å². The van der Waals surface area contributed by atoms with Gasteiger partial charge in [-0.1, -0.05) is 24.3 Å². The number of rotatable bonds is 8. The number of carboxylic acid groups (broad SMARTS) is 1. The van der Waals surface area contributed by atoms with Crippen molar-refractivity contribution in [1.29, 1.82) is 0 Å². The molecule has 0 aliphatic carbocycles. The predicted molar refractivity (Wildman–Crippen MR) is 128 cm³/mol. The van der Waals surface area contributed by atoms with Crippen molar-refractivity contribution >= 4 is 33.4 Å². The van der Waals surface area contributed by atoms with E-state index in [1.54, 1.807) is 6.07 Å². The highest BCUT2D eigenvalue weighted by molar-refractivity contribution is 7.20. The van der Waals surface area contributed by atoms with Crippen LogP contribution in [0.2, 0.25) is 0 Å². The number of carbonyl (C=O) groups is 2. The maximum atomic E-state index is 13.1. The number of hydrogen-bond acceptors (Lipinski definition) is 6. The second-order valence-electron chi connectivity index (χ2n) is 7.77. The Balaban J connectivity index is 1.57. The van der Waals surface area contributed by atoms with Crippen molar-refractivity contribution in [3.8, 4) is 5.75 Å². The zero-order valence-corrected chi connectivity index (χ0v) is 19.6. The molecule has 36 heavy (non-hydrogen) atoms. The van der Waals surface area contributed by atoms with Gasteiger partial charge in [0.2, 0.25) is 0 Å². The van der Waals surface area contributed by atoms with Crippen LogP contribution in [0.15, 0.2) is 64.2 Å². The van der Waals surface area contributed by atoms with Gasteiger partial charge in [0.15, 0.2) is 0 Å². The minimum Gasteiger partial charge on any atom is -0.478 e. The smallest absolute Gasteiger partial charge is 0.387 e. The highest BCUT2D eigenvalue weighted by Gasteiger charge is 2.18. The van der Waals surface area contributed by atoms with E-state index in [1.807, 2.05) is 0 Å². The number of aryl methyl sites for hydroxylation is 1. The summed E-state index contributed by atoms with van der Waals surface area (Å²) in [6, 6.07) is 13.1. The van der Waals surface area contributed by atoms with Gasteiger partial charge in [-0.25, -0.2) is 9.59 Å². The molecule has 1 amide bonds. The van der Waals surface area contributed by atoms with E-state index in [4.69, 9.17) is 5.11 Å². The van der Waals surface area contributed by atoms with Crippen LogP contribution in [0.4, 0.5) is 8.78 Å². The van der Waals surface area contributed by atoms with Gasteiger partial charge < -0.3 is 15.2 Å². The van der Waals surface area contributed by atoms with E-state index in [0.29, 0.717) is 16.0 Å². The largest absolute Gasteiger partial charge is 0.478 e. The van der Waals surface area contributed by atoms with Crippen molar-refractivity contribution in [1.82, 2.24) is 14.5 Å². The van der Waals surface area contributed by atoms with E-state index < -0.39 is 29.7 Å². The Labute approximate surface area is 205 Å². The van der Waals surface area contributed by atoms with E-state index in [0.717, 1.165) is 15.9 Å². The average Bonchev–Trinajstić information content (AvgIpc) is 3.30. The fourth-order valence-electron chi connectivity index (χ4n) is 3.57. The van der Waals surface area contributed by atoms with E-state index in [9.17, 15) is 28.0 Å². The van der Waals surface area contributed by atoms with Crippen LogP contribution < -0.4 is 21.3 Å². The molecule has 186 valence electrons. The second-order valence-corrected chi connectivity index (χ2v) is 8.80. The molecule has 2 N–H and O–H groups in total. The fraction of sp³-hybridized carbons (Fsp3) is 0.167. The lowest BCUT2D eigenvalue weighted by molar-refractivity contribution is -0.0499. The monoisotopic (exact) mass is 515 g/mol. The quantitative estimate of drug-likeness (QED) is 0.372. The summed E-state index contributed by atoms with van der Waals surface area (Å²) >= 11 is 0.976. The Kier molecular flexibility index (Phi) is 6.97. The molecular formula is C24H19F2N3O6S. The molecular weight excluding hydrogens is 496 g/mol. The number of halogens is 2. The number of carbonyl (C=O) groups excluding carboxylic acids is 1. The molecule has 2 heterocycles. The molecule has 2 aromatic carbocycles. The molecule has 0 aliphatic rings. The maximum absolute atomic E-state index is 13.1. The lowest BCUT2D eigenvalue weighted by Crippen LogP contribution is -2.38. The molecule has 0 radical (unpaired) electrons. The zero-order chi connectivity index (χ0) is 26.0. The number of aromatic carboxylic acids is 1. The molecule has 4 aromatic rings. The SMILES string of the molecule is Cn1c(=O)n(Cc2ccc(C(=O)O)cc2)c(=O)c2cc(C(=O)NCc3cccc(OC(F)F)c3)sc21. The number of fused-ring (bicyclic) bond motifs is 1. The molecule has 2 aromatic heterocycles. The number of hydrogen-bond donors (Lipinski definition) is 2. The molecule has 4 rings (SSSR count). The summed E-state index contributed by atoms with van der Waals surface area (Å²) in [4.78, 5) is 50.2. The van der Waals surface area contributed by atoms with Gasteiger partial charge >= 0.3 is 18.3 Å². The number of alkyl halides is 2. The van der Waals surface area contributed by atoms with Crippen LogP contribution in [0.5, 0.6) is 5.75 Å². The number of carboxylic acids is 1. The molecule has 0 saturated heterocycles. The van der Waals surface area contributed by atoms with Gasteiger partial charge in [0.25, 0.3) is 11.5 Å². The molecule has 0 bridgehead atoms. The van der Waals surface area contributed by atoms with Gasteiger partial charge in [0.05, 0.1) is 22.4 Å². The summed E-state index contributed by atoms with van der Waals surface area (Å²) in [5.74, 6) is -1.62. The number of aromatic nitrogens is 2. The number of ether oxygens (including phenoxy) is 1. The second kappa shape index (κ2) is 10.1. The van der Waals surface area contributed by atoms with Gasteiger partial charge in [-0.2, -0.15) is 8.78 Å². The minimum absolute atomic E-state index is 0.0308. The van der Waals surface area contributed by atoms with Crippen molar-refractivity contribution in [2.24, 2.45) is 7.05 Å². The summed E-state index contributed by atoms with van der Waals surface area (Å²) in [6.45, 7) is -3.01. The molecule has 0 atom stereocenters. The van der Waals surface area contributed by atoms with Crippen LogP contribution in [-0.4, -0.2) is 32.7 Å². The molecule has 12 heteroatoms. The van der Waals surface area contributed by atoms with E-state index in [1.165, 1.54) is 60.1 Å². The van der Waals surface area contributed by atoms with Crippen molar-refractivity contribution in [2.45, 2.75) is 19.7 Å². The first kappa shape index (κ1) is 24.8. The van der Waals surface area contributed by atoms with Crippen molar-refractivity contribution < 1.29 is 28.2 Å². The molecule has 0 spiro atoms. The predicted octanol–water partition coefficient (Wildman–Crippen LogP) is 3.04. The fourth-order valence-corrected chi connectivity index (χ4v) is 4.59. The Bertz CT molecular complexity index is 1570. The van der Waals surface area contributed by atoms with Gasteiger partial charge in [0.1, 0.15) is 10.6 Å². The summed E-state index contributed by atoms with van der Waals surface area (Å²) in [5.41, 5.74) is 0.00863. The maximum Gasteiger partial charge on any atom is 0.387 e. The normalized spacial score (nSPS) is 11.1. The van der Waals surface area contributed by atoms with Crippen LogP contribution >= 0.6 is 11.3 Å². The van der Waals surface area contributed by atoms with Crippen LogP contribution in [0, 0.1) is 0 Å². The highest BCUT2D eigenvalue weighted by Crippen LogP contribution is 2.22. The first-order valence-corrected chi connectivity index (χ1v) is 11.3. The highest BCUT2D eigenvalue weighted by atomic mass is 32.1. The summed E-state index contributed by atoms with van der Waals surface area (Å²) < 4.78 is 31.5. The van der Waals surface area contributed by atoms with Crippen molar-refractivity contribution in [3.05, 3.63) is 97.0 Å². The molecule has 0 fully saturated rings. The van der Waals surface area contributed by atoms with Crippen molar-refractivity contribution in [3.63, 3.8) is 0 Å². The number of thiophene rings is 1. The first-order valence-electron chi connectivity index (χ1n) is 10.5. The van der Waals surface area contributed by atoms with Crippen LogP contribution in [0.25, 0.3) is 10.2 Å². The van der Waals surface area contributed by atoms with Crippen LogP contribution in [0.1, 0.15) is 31.2 Å². The van der Waals surface area contributed by atoms with Gasteiger partial charge in [-0.05, 0) is 41.5 Å². The first-order chi connectivity index (χ1) is 17.1. The third-order valence-electron chi connectivity index (χ3n) is 5.35. The molecule has 0 aliphatic heterocycles. The van der Waals surface area contributed by atoms with Crippen LogP contribution in [0.3, 0.4) is 0 Å². The van der Waals surface area contributed by atoms with E-state index in [2.05, 4.69) is 10.1 Å². The third kappa shape index (κ3) is 5.18. The Morgan fingerprint density at radius 1 is 1.08 bits per heavy atom. The Morgan fingerprint density at radius 2 is 1.81 bits per heavy atom. The molecule has 0 unspecified atom stereocenters. The number of amides is 1. The standard InChI is InChI=1S/C24H19F2N3O6S/c1-28-21-17(20(31)29(24(28)34)12-13-5-7-15(8-6-13)22(32)33)10-18(36-21)19(30)27-11-14-3-2-4-16(9-14)35-23(25)26/h2-10,23H,11-12H2,1H3,(H,27,30)(H,32,33). The zero-order valence-electron chi connectivity index (χ0n) is 18.7. The van der Waals surface area contributed by atoms with Crippen LogP contribution in [-0.2, 0) is 20.1 Å². The van der Waals surface area contributed by atoms with E-state index >= 15 is 0 Å². The minimum atomic E-state index is -2.96. The average molecular weight is 515 g/mol. The Hall–Kier alpha value is -4.32. The van der Waals surface area contributed by atoms with Crippen molar-refractivity contribution in [2.75, 3.05) is 0 Å². The number of benzene rings is 2. The van der Waals surface area contributed by atoms with Gasteiger partial charge in [-0.3, -0.25) is 18.7 Å². The summed E-state index contributed by atoms with van der Waals surface area (Å²) in [7, 11) is 1.49. The lowest BCUT2D eigenvalue weighted by atomic mass is 10.1.